The maximum Gasteiger partial charge on any atom is 0.410 e. The molecule has 0 aromatic carbocycles. The lowest BCUT2D eigenvalue weighted by Crippen LogP contribution is -2.47. The molecule has 1 saturated heterocycles. The number of nitrogens with zero attached hydrogens (tertiary/aromatic N) is 3. The fourth-order valence-corrected chi connectivity index (χ4v) is 3.78. The number of likely N-dealkylation sites (tertiary alicyclic amines) is 1. The molecule has 0 radical (unpaired) electrons. The normalized spacial score (nSPS) is 18.8. The summed E-state index contributed by atoms with van der Waals surface area (Å²) < 4.78 is 7.15. The second-order valence-corrected chi connectivity index (χ2v) is 7.87. The van der Waals surface area contributed by atoms with Gasteiger partial charge in [-0.1, -0.05) is 0 Å². The van der Waals surface area contributed by atoms with Crippen molar-refractivity contribution in [3.63, 3.8) is 0 Å². The lowest BCUT2D eigenvalue weighted by molar-refractivity contribution is 0.0125. The fourth-order valence-electron chi connectivity index (χ4n) is 2.60. The summed E-state index contributed by atoms with van der Waals surface area (Å²) in [6, 6.07) is 0.128. The molecule has 1 aromatic rings. The van der Waals surface area contributed by atoms with Gasteiger partial charge in [-0.05, 0) is 40.0 Å². The van der Waals surface area contributed by atoms with Crippen LogP contribution in [0.3, 0.4) is 0 Å². The van der Waals surface area contributed by atoms with Crippen LogP contribution < -0.4 is 0 Å². The summed E-state index contributed by atoms with van der Waals surface area (Å²) in [5.41, 5.74) is -0.0302. The van der Waals surface area contributed by atoms with Gasteiger partial charge in [0, 0.05) is 31.6 Å². The molecule has 1 amide bonds. The molecule has 1 aliphatic rings. The molecule has 2 heterocycles. The van der Waals surface area contributed by atoms with E-state index >= 15 is 0 Å². The van der Waals surface area contributed by atoms with Gasteiger partial charge in [0.2, 0.25) is 0 Å². The molecule has 0 bridgehead atoms. The van der Waals surface area contributed by atoms with E-state index in [0.29, 0.717) is 5.69 Å². The van der Waals surface area contributed by atoms with E-state index in [1.54, 1.807) is 23.5 Å². The minimum Gasteiger partial charge on any atom is -0.444 e. The standard InChI is InChI=1S/C16H25N3O3S/c1-16(2,3)22-15(21)19-8-6-5-7-12(19)11-23-14-9-18(4)17-13(14)10-20/h9-10,12H,5-8,11H2,1-4H3. The van der Waals surface area contributed by atoms with Crippen LogP contribution in [0.4, 0.5) is 4.79 Å². The minimum atomic E-state index is -0.486. The topological polar surface area (TPSA) is 64.4 Å². The van der Waals surface area contributed by atoms with Gasteiger partial charge in [0.15, 0.2) is 6.29 Å². The Morgan fingerprint density at radius 1 is 1.48 bits per heavy atom. The molecule has 1 unspecified atom stereocenters. The molecule has 1 aromatic heterocycles. The Hall–Kier alpha value is -1.50. The van der Waals surface area contributed by atoms with E-state index in [0.717, 1.165) is 42.7 Å². The Labute approximate surface area is 141 Å². The van der Waals surface area contributed by atoms with Crippen molar-refractivity contribution in [2.45, 2.75) is 56.6 Å². The van der Waals surface area contributed by atoms with Crippen molar-refractivity contribution in [1.29, 1.82) is 0 Å². The second kappa shape index (κ2) is 7.38. The van der Waals surface area contributed by atoms with E-state index in [-0.39, 0.29) is 12.1 Å². The zero-order chi connectivity index (χ0) is 17.0. The summed E-state index contributed by atoms with van der Waals surface area (Å²) in [7, 11) is 1.80. The molecule has 2 rings (SSSR count). The van der Waals surface area contributed by atoms with E-state index in [1.165, 1.54) is 0 Å². The quantitative estimate of drug-likeness (QED) is 0.623. The number of ether oxygens (including phenoxy) is 1. The number of hydrogen-bond acceptors (Lipinski definition) is 5. The van der Waals surface area contributed by atoms with Crippen molar-refractivity contribution in [2.75, 3.05) is 12.3 Å². The van der Waals surface area contributed by atoms with Crippen LogP contribution in [0.5, 0.6) is 0 Å². The SMILES string of the molecule is Cn1cc(SCC2CCCCN2C(=O)OC(C)(C)C)c(C=O)n1. The molecule has 0 N–H and O–H groups in total. The summed E-state index contributed by atoms with van der Waals surface area (Å²) >= 11 is 1.57. The molecule has 1 fully saturated rings. The molecule has 0 spiro atoms. The van der Waals surface area contributed by atoms with Crippen molar-refractivity contribution in [3.05, 3.63) is 11.9 Å². The van der Waals surface area contributed by atoms with Crippen LogP contribution in [0.1, 0.15) is 50.5 Å². The average Bonchev–Trinajstić information content (AvgIpc) is 2.83. The van der Waals surface area contributed by atoms with Crippen molar-refractivity contribution >= 4 is 24.1 Å². The molecular formula is C16H25N3O3S. The summed E-state index contributed by atoms with van der Waals surface area (Å²) in [6.07, 6.45) is 5.45. The Kier molecular flexibility index (Phi) is 5.73. The first-order valence-electron chi connectivity index (χ1n) is 7.91. The third kappa shape index (κ3) is 4.99. The number of amides is 1. The number of carbonyl (C=O) groups excluding carboxylic acids is 2. The maximum atomic E-state index is 12.4. The number of aldehydes is 1. The van der Waals surface area contributed by atoms with E-state index in [9.17, 15) is 9.59 Å². The van der Waals surface area contributed by atoms with Gasteiger partial charge in [0.05, 0.1) is 4.90 Å². The Morgan fingerprint density at radius 2 is 2.22 bits per heavy atom. The lowest BCUT2D eigenvalue weighted by atomic mass is 10.0. The highest BCUT2D eigenvalue weighted by molar-refractivity contribution is 7.99. The number of thioether (sulfide) groups is 1. The van der Waals surface area contributed by atoms with Crippen LogP contribution in [0.25, 0.3) is 0 Å². The lowest BCUT2D eigenvalue weighted by Gasteiger charge is -2.36. The molecule has 7 heteroatoms. The molecule has 23 heavy (non-hydrogen) atoms. The number of carbonyl (C=O) groups is 2. The van der Waals surface area contributed by atoms with Gasteiger partial charge in [-0.2, -0.15) is 5.10 Å². The first-order valence-corrected chi connectivity index (χ1v) is 8.90. The predicted molar refractivity (Wildman–Crippen MR) is 89.9 cm³/mol. The van der Waals surface area contributed by atoms with Crippen LogP contribution in [-0.2, 0) is 11.8 Å². The molecular weight excluding hydrogens is 314 g/mol. The first-order chi connectivity index (χ1) is 10.8. The monoisotopic (exact) mass is 339 g/mol. The Bertz CT molecular complexity index is 565. The second-order valence-electron chi connectivity index (χ2n) is 6.80. The minimum absolute atomic E-state index is 0.128. The van der Waals surface area contributed by atoms with Gasteiger partial charge in [0.1, 0.15) is 11.3 Å². The van der Waals surface area contributed by atoms with E-state index < -0.39 is 5.60 Å². The Morgan fingerprint density at radius 3 is 2.87 bits per heavy atom. The highest BCUT2D eigenvalue weighted by atomic mass is 32.2. The van der Waals surface area contributed by atoms with Crippen molar-refractivity contribution in [3.8, 4) is 0 Å². The zero-order valence-corrected chi connectivity index (χ0v) is 15.1. The number of aromatic nitrogens is 2. The van der Waals surface area contributed by atoms with Gasteiger partial charge >= 0.3 is 6.09 Å². The van der Waals surface area contributed by atoms with Crippen LogP contribution in [-0.4, -0.2) is 51.0 Å². The number of rotatable bonds is 4. The highest BCUT2D eigenvalue weighted by Crippen LogP contribution is 2.27. The predicted octanol–water partition coefficient (Wildman–Crippen LogP) is 3.11. The van der Waals surface area contributed by atoms with Crippen LogP contribution in [0.2, 0.25) is 0 Å². The fraction of sp³-hybridized carbons (Fsp3) is 0.688. The summed E-state index contributed by atoms with van der Waals surface area (Å²) in [4.78, 5) is 26.1. The Balaban J connectivity index is 2.01. The van der Waals surface area contributed by atoms with Gasteiger partial charge in [-0.15, -0.1) is 11.8 Å². The number of aryl methyl sites for hydroxylation is 1. The summed E-state index contributed by atoms with van der Waals surface area (Å²) in [6.45, 7) is 6.37. The largest absolute Gasteiger partial charge is 0.444 e. The third-order valence-electron chi connectivity index (χ3n) is 3.62. The molecule has 0 saturated carbocycles. The average molecular weight is 339 g/mol. The smallest absolute Gasteiger partial charge is 0.410 e. The van der Waals surface area contributed by atoms with Crippen molar-refractivity contribution in [1.82, 2.24) is 14.7 Å². The van der Waals surface area contributed by atoms with Crippen LogP contribution >= 0.6 is 11.8 Å². The number of piperidine rings is 1. The third-order valence-corrected chi connectivity index (χ3v) is 4.80. The zero-order valence-electron chi connectivity index (χ0n) is 14.2. The molecule has 128 valence electrons. The van der Waals surface area contributed by atoms with Crippen LogP contribution in [0, 0.1) is 0 Å². The van der Waals surface area contributed by atoms with Crippen LogP contribution in [0.15, 0.2) is 11.1 Å². The first kappa shape index (κ1) is 17.8. The van der Waals surface area contributed by atoms with E-state index in [4.69, 9.17) is 4.74 Å². The molecule has 6 nitrogen and oxygen atoms in total. The molecule has 0 aliphatic carbocycles. The summed E-state index contributed by atoms with van der Waals surface area (Å²) in [5, 5.41) is 4.12. The van der Waals surface area contributed by atoms with Gasteiger partial charge < -0.3 is 9.64 Å². The van der Waals surface area contributed by atoms with Gasteiger partial charge in [0.25, 0.3) is 0 Å². The van der Waals surface area contributed by atoms with Gasteiger partial charge in [-0.25, -0.2) is 4.79 Å². The summed E-state index contributed by atoms with van der Waals surface area (Å²) in [5.74, 6) is 0.742. The maximum absolute atomic E-state index is 12.4. The van der Waals surface area contributed by atoms with Crippen molar-refractivity contribution in [2.24, 2.45) is 7.05 Å². The molecule has 1 atom stereocenters. The van der Waals surface area contributed by atoms with E-state index in [1.807, 2.05) is 31.9 Å². The number of hydrogen-bond donors (Lipinski definition) is 0. The highest BCUT2D eigenvalue weighted by Gasteiger charge is 2.30. The van der Waals surface area contributed by atoms with E-state index in [2.05, 4.69) is 5.10 Å². The van der Waals surface area contributed by atoms with Gasteiger partial charge in [-0.3, -0.25) is 9.48 Å². The molecule has 1 aliphatic heterocycles. The van der Waals surface area contributed by atoms with Crippen molar-refractivity contribution < 1.29 is 14.3 Å².